The van der Waals surface area contributed by atoms with E-state index in [2.05, 4.69) is 25.5 Å². The highest BCUT2D eigenvalue weighted by Gasteiger charge is 2.11. The Labute approximate surface area is 143 Å². The number of rotatable bonds is 5. The number of aromatic amines is 2. The number of hydrogen-bond acceptors (Lipinski definition) is 4. The molecule has 4 aromatic rings. The fraction of sp³-hybridized carbons (Fsp3) is 0.222. The molecule has 7 heteroatoms. The Balaban J connectivity index is 1.76. The summed E-state index contributed by atoms with van der Waals surface area (Å²) in [6, 6.07) is 9.92. The highest BCUT2D eigenvalue weighted by Crippen LogP contribution is 2.30. The molecule has 1 aromatic carbocycles. The van der Waals surface area contributed by atoms with Gasteiger partial charge < -0.3 is 16.0 Å². The fourth-order valence-electron chi connectivity index (χ4n) is 3.04. The maximum absolute atomic E-state index is 12.9. The molecule has 0 aliphatic heterocycles. The van der Waals surface area contributed by atoms with Crippen LogP contribution in [0.25, 0.3) is 33.1 Å². The van der Waals surface area contributed by atoms with E-state index in [1.807, 2.05) is 30.3 Å². The minimum atomic E-state index is -0.877. The largest absolute Gasteiger partial charge is 0.383 e. The van der Waals surface area contributed by atoms with Gasteiger partial charge in [-0.15, -0.1) is 0 Å². The molecule has 128 valence electrons. The smallest absolute Gasteiger partial charge is 0.133 e. The summed E-state index contributed by atoms with van der Waals surface area (Å²) in [4.78, 5) is 7.92. The first kappa shape index (κ1) is 15.6. The first-order valence-corrected chi connectivity index (χ1v) is 8.17. The van der Waals surface area contributed by atoms with Crippen molar-refractivity contribution in [3.8, 4) is 11.3 Å². The van der Waals surface area contributed by atoms with Gasteiger partial charge in [0.15, 0.2) is 0 Å². The minimum absolute atomic E-state index is 0.317. The topological polar surface area (TPSA) is 95.4 Å². The highest BCUT2D eigenvalue weighted by molar-refractivity contribution is 6.08. The Kier molecular flexibility index (Phi) is 3.85. The lowest BCUT2D eigenvalue weighted by Gasteiger charge is -2.05. The zero-order valence-corrected chi connectivity index (χ0v) is 13.8. The van der Waals surface area contributed by atoms with Crippen LogP contribution in [0.5, 0.6) is 0 Å². The minimum Gasteiger partial charge on any atom is -0.383 e. The summed E-state index contributed by atoms with van der Waals surface area (Å²) in [5.41, 5.74) is 10.8. The van der Waals surface area contributed by atoms with Gasteiger partial charge in [0, 0.05) is 41.3 Å². The van der Waals surface area contributed by atoms with Gasteiger partial charge in [-0.05, 0) is 25.1 Å². The van der Waals surface area contributed by atoms with Gasteiger partial charge in [0.2, 0.25) is 0 Å². The van der Waals surface area contributed by atoms with E-state index in [1.165, 1.54) is 6.92 Å². The molecular weight excluding hydrogens is 319 g/mol. The molecule has 0 aliphatic carbocycles. The van der Waals surface area contributed by atoms with Crippen molar-refractivity contribution < 1.29 is 4.39 Å². The van der Waals surface area contributed by atoms with Gasteiger partial charge in [-0.1, -0.05) is 12.1 Å². The zero-order chi connectivity index (χ0) is 17.4. The molecule has 0 fully saturated rings. The molecule has 0 amide bonds. The average molecular weight is 338 g/mol. The molecule has 3 aromatic heterocycles. The highest BCUT2D eigenvalue weighted by atomic mass is 19.1. The van der Waals surface area contributed by atoms with Crippen LogP contribution in [0.3, 0.4) is 0 Å². The van der Waals surface area contributed by atoms with E-state index in [4.69, 9.17) is 5.73 Å². The third-order valence-corrected chi connectivity index (χ3v) is 4.21. The quantitative estimate of drug-likeness (QED) is 0.449. The summed E-state index contributed by atoms with van der Waals surface area (Å²) in [6.45, 7) is 2.40. The first-order valence-electron chi connectivity index (χ1n) is 8.17. The molecule has 3 heterocycles. The molecule has 0 spiro atoms. The second-order valence-corrected chi connectivity index (χ2v) is 6.19. The Morgan fingerprint density at radius 2 is 2.12 bits per heavy atom. The summed E-state index contributed by atoms with van der Waals surface area (Å²) < 4.78 is 12.9. The number of nitrogens with one attached hydrogen (secondary N) is 3. The second kappa shape index (κ2) is 6.18. The number of H-pyrrole nitrogens is 2. The number of benzene rings is 1. The van der Waals surface area contributed by atoms with Crippen LogP contribution in [0, 0.1) is 0 Å². The van der Waals surface area contributed by atoms with Gasteiger partial charge >= 0.3 is 0 Å². The molecule has 5 N–H and O–H groups in total. The van der Waals surface area contributed by atoms with Gasteiger partial charge in [0.05, 0.1) is 16.7 Å². The maximum atomic E-state index is 12.9. The van der Waals surface area contributed by atoms with Crippen LogP contribution in [0.2, 0.25) is 0 Å². The van der Waals surface area contributed by atoms with E-state index in [0.717, 1.165) is 38.8 Å². The molecule has 0 radical (unpaired) electrons. The van der Waals surface area contributed by atoms with Gasteiger partial charge in [-0.2, -0.15) is 5.10 Å². The normalized spacial score (nSPS) is 12.9. The number of alkyl halides is 1. The lowest BCUT2D eigenvalue weighted by atomic mass is 10.1. The monoisotopic (exact) mass is 338 g/mol. The third kappa shape index (κ3) is 2.94. The SMILES string of the molecule is CC(F)CNCc1cc2c(N)nc3cc(-c4ccn[nH]4)ccc3c2[nH]1. The predicted molar refractivity (Wildman–Crippen MR) is 97.9 cm³/mol. The second-order valence-electron chi connectivity index (χ2n) is 6.19. The van der Waals surface area contributed by atoms with Crippen molar-refractivity contribution in [2.45, 2.75) is 19.6 Å². The number of halogens is 1. The number of pyridine rings is 1. The summed E-state index contributed by atoms with van der Waals surface area (Å²) in [5.74, 6) is 0.477. The molecule has 0 saturated carbocycles. The number of fused-ring (bicyclic) bond motifs is 3. The van der Waals surface area contributed by atoms with E-state index in [9.17, 15) is 4.39 Å². The average Bonchev–Trinajstić information content (AvgIpc) is 3.24. The van der Waals surface area contributed by atoms with Gasteiger partial charge in [0.1, 0.15) is 12.0 Å². The number of anilines is 1. The number of hydrogen-bond donors (Lipinski definition) is 4. The van der Waals surface area contributed by atoms with Crippen LogP contribution < -0.4 is 11.1 Å². The van der Waals surface area contributed by atoms with Gasteiger partial charge in [0.25, 0.3) is 0 Å². The molecular formula is C18H19FN6. The summed E-state index contributed by atoms with van der Waals surface area (Å²) >= 11 is 0. The van der Waals surface area contributed by atoms with Crippen molar-refractivity contribution in [2.24, 2.45) is 0 Å². The van der Waals surface area contributed by atoms with Crippen LogP contribution in [-0.2, 0) is 6.54 Å². The fourth-order valence-corrected chi connectivity index (χ4v) is 3.04. The number of aromatic nitrogens is 4. The van der Waals surface area contributed by atoms with Crippen LogP contribution >= 0.6 is 0 Å². The van der Waals surface area contributed by atoms with Crippen LogP contribution in [0.4, 0.5) is 10.2 Å². The lowest BCUT2D eigenvalue weighted by Crippen LogP contribution is -2.21. The standard InChI is InChI=1S/C18H19FN6/c1-10(19)8-21-9-12-7-14-17(23-12)13-3-2-11(15-4-5-22-25-15)6-16(13)24-18(14)20/h2-7,10,21,23H,8-9H2,1H3,(H2,20,24)(H,22,25). The van der Waals surface area contributed by atoms with Crippen molar-refractivity contribution >= 4 is 27.6 Å². The van der Waals surface area contributed by atoms with Crippen LogP contribution in [-0.4, -0.2) is 32.9 Å². The molecule has 4 rings (SSSR count). The lowest BCUT2D eigenvalue weighted by molar-refractivity contribution is 0.344. The third-order valence-electron chi connectivity index (χ3n) is 4.21. The van der Waals surface area contributed by atoms with Crippen molar-refractivity contribution in [3.63, 3.8) is 0 Å². The molecule has 1 unspecified atom stereocenters. The Morgan fingerprint density at radius 3 is 2.88 bits per heavy atom. The van der Waals surface area contributed by atoms with E-state index in [1.54, 1.807) is 6.20 Å². The summed E-state index contributed by atoms with van der Waals surface area (Å²) in [5, 5.41) is 11.9. The van der Waals surface area contributed by atoms with E-state index in [-0.39, 0.29) is 0 Å². The number of nitrogen functional groups attached to an aromatic ring is 1. The molecule has 1 atom stereocenters. The molecule has 6 nitrogen and oxygen atoms in total. The predicted octanol–water partition coefficient (Wildman–Crippen LogP) is 3.14. The van der Waals surface area contributed by atoms with Gasteiger partial charge in [-0.25, -0.2) is 9.37 Å². The van der Waals surface area contributed by atoms with Crippen molar-refractivity contribution in [2.75, 3.05) is 12.3 Å². The van der Waals surface area contributed by atoms with E-state index >= 15 is 0 Å². The number of nitrogens with two attached hydrogens (primary N) is 1. The maximum Gasteiger partial charge on any atom is 0.133 e. The molecule has 25 heavy (non-hydrogen) atoms. The zero-order valence-electron chi connectivity index (χ0n) is 13.8. The van der Waals surface area contributed by atoms with E-state index < -0.39 is 6.17 Å². The Hall–Kier alpha value is -2.93. The van der Waals surface area contributed by atoms with Crippen molar-refractivity contribution in [1.82, 2.24) is 25.5 Å². The molecule has 0 aliphatic rings. The molecule has 0 saturated heterocycles. The first-order chi connectivity index (χ1) is 12.1. The summed E-state index contributed by atoms with van der Waals surface area (Å²) in [6.07, 6.45) is 0.838. The Bertz CT molecular complexity index is 1020. The number of nitrogens with zero attached hydrogens (tertiary/aromatic N) is 2. The van der Waals surface area contributed by atoms with E-state index in [0.29, 0.717) is 18.9 Å². The van der Waals surface area contributed by atoms with Crippen molar-refractivity contribution in [1.29, 1.82) is 0 Å². The van der Waals surface area contributed by atoms with Crippen LogP contribution in [0.15, 0.2) is 36.5 Å². The Morgan fingerprint density at radius 1 is 1.24 bits per heavy atom. The van der Waals surface area contributed by atoms with Gasteiger partial charge in [-0.3, -0.25) is 5.10 Å². The van der Waals surface area contributed by atoms with Crippen molar-refractivity contribution in [3.05, 3.63) is 42.2 Å². The summed E-state index contributed by atoms with van der Waals surface area (Å²) in [7, 11) is 0. The molecule has 0 bridgehead atoms. The van der Waals surface area contributed by atoms with Crippen LogP contribution in [0.1, 0.15) is 12.6 Å².